The number of hydrogen-bond donors (Lipinski definition) is 1. The number of hydrogen-bond acceptors (Lipinski definition) is 2. The third-order valence-electron chi connectivity index (χ3n) is 2.19. The average molecular weight is 237 g/mol. The topological polar surface area (TPSA) is 49.6 Å². The molecule has 0 bridgehead atoms. The maximum Gasteiger partial charge on any atom is 0.323 e. The van der Waals surface area contributed by atoms with E-state index in [-0.39, 0.29) is 6.03 Å². The van der Waals surface area contributed by atoms with Crippen LogP contribution in [-0.2, 0) is 0 Å². The van der Waals surface area contributed by atoms with Gasteiger partial charge in [0.25, 0.3) is 0 Å². The summed E-state index contributed by atoms with van der Waals surface area (Å²) in [5.74, 6) is 0. The summed E-state index contributed by atoms with van der Waals surface area (Å²) < 4.78 is 0. The molecule has 2 N–H and O–H groups in total. The molecule has 1 rings (SSSR count). The van der Waals surface area contributed by atoms with Crippen LogP contribution in [0.25, 0.3) is 0 Å². The molecule has 0 fully saturated rings. The van der Waals surface area contributed by atoms with E-state index in [1.54, 1.807) is 32.1 Å². The van der Waals surface area contributed by atoms with Gasteiger partial charge < -0.3 is 10.6 Å². The number of thiocarbonyl (C=S) groups is 1. The number of amides is 2. The molecule has 0 aliphatic rings. The first-order valence-corrected chi connectivity index (χ1v) is 5.19. The fraction of sp³-hybridized carbons (Fsp3) is 0.273. The van der Waals surface area contributed by atoms with Crippen molar-refractivity contribution in [1.29, 1.82) is 0 Å². The van der Waals surface area contributed by atoms with Gasteiger partial charge in [0.15, 0.2) is 0 Å². The zero-order valence-corrected chi connectivity index (χ0v) is 10.4. The zero-order chi connectivity index (χ0) is 12.3. The van der Waals surface area contributed by atoms with Gasteiger partial charge in [-0.05, 0) is 12.1 Å². The van der Waals surface area contributed by atoms with Crippen LogP contribution >= 0.6 is 12.2 Å². The summed E-state index contributed by atoms with van der Waals surface area (Å²) in [6.45, 7) is 0. The fourth-order valence-electron chi connectivity index (χ4n) is 1.28. The molecule has 0 unspecified atom stereocenters. The quantitative estimate of drug-likeness (QED) is 0.792. The van der Waals surface area contributed by atoms with Crippen molar-refractivity contribution >= 4 is 28.9 Å². The van der Waals surface area contributed by atoms with E-state index in [1.165, 1.54) is 4.90 Å². The molecule has 0 aliphatic heterocycles. The fourth-order valence-corrected chi connectivity index (χ4v) is 1.41. The number of carbonyl (C=O) groups excluding carboxylic acids is 1. The Morgan fingerprint density at radius 2 is 1.94 bits per heavy atom. The summed E-state index contributed by atoms with van der Waals surface area (Å²) in [6, 6.07) is 7.18. The monoisotopic (exact) mass is 237 g/mol. The van der Waals surface area contributed by atoms with Crippen LogP contribution in [0, 0.1) is 0 Å². The van der Waals surface area contributed by atoms with Crippen molar-refractivity contribution in [2.24, 2.45) is 5.73 Å². The Balaban J connectivity index is 3.00. The molecule has 0 spiro atoms. The van der Waals surface area contributed by atoms with Crippen molar-refractivity contribution in [1.82, 2.24) is 4.90 Å². The van der Waals surface area contributed by atoms with Crippen LogP contribution in [-0.4, -0.2) is 37.1 Å². The smallest absolute Gasteiger partial charge is 0.323 e. The number of urea groups is 1. The SMILES string of the molecule is CN(C)C(=O)N(C)c1cccc(C(N)=S)c1. The van der Waals surface area contributed by atoms with Gasteiger partial charge in [-0.25, -0.2) is 4.79 Å². The van der Waals surface area contributed by atoms with Gasteiger partial charge >= 0.3 is 6.03 Å². The van der Waals surface area contributed by atoms with Gasteiger partial charge in [0, 0.05) is 32.4 Å². The molecule has 0 heterocycles. The second-order valence-corrected chi connectivity index (χ2v) is 4.09. The van der Waals surface area contributed by atoms with Crippen LogP contribution in [0.5, 0.6) is 0 Å². The lowest BCUT2D eigenvalue weighted by Gasteiger charge is -2.22. The second-order valence-electron chi connectivity index (χ2n) is 3.65. The van der Waals surface area contributed by atoms with Gasteiger partial charge in [-0.15, -0.1) is 0 Å². The lowest BCUT2D eigenvalue weighted by atomic mass is 10.2. The molecule has 0 radical (unpaired) electrons. The first-order valence-electron chi connectivity index (χ1n) is 4.78. The number of benzene rings is 1. The van der Waals surface area contributed by atoms with Crippen molar-refractivity contribution in [3.63, 3.8) is 0 Å². The predicted molar refractivity (Wildman–Crippen MR) is 69.8 cm³/mol. The standard InChI is InChI=1S/C11H15N3OS/c1-13(2)11(15)14(3)9-6-4-5-8(7-9)10(12)16/h4-7H,1-3H3,(H2,12,16). The molecule has 0 atom stereocenters. The summed E-state index contributed by atoms with van der Waals surface area (Å²) in [6.07, 6.45) is 0. The third-order valence-corrected chi connectivity index (χ3v) is 2.42. The molecule has 4 nitrogen and oxygen atoms in total. The molecule has 5 heteroatoms. The Hall–Kier alpha value is -1.62. The summed E-state index contributed by atoms with van der Waals surface area (Å²) >= 11 is 4.89. The maximum atomic E-state index is 11.7. The molecular weight excluding hydrogens is 222 g/mol. The molecule has 16 heavy (non-hydrogen) atoms. The van der Waals surface area contributed by atoms with Crippen molar-refractivity contribution in [3.8, 4) is 0 Å². The molecule has 0 aromatic heterocycles. The average Bonchev–Trinajstić information content (AvgIpc) is 2.27. The summed E-state index contributed by atoms with van der Waals surface area (Å²) in [5.41, 5.74) is 7.06. The Bertz CT molecular complexity index is 417. The van der Waals surface area contributed by atoms with Crippen molar-refractivity contribution in [2.45, 2.75) is 0 Å². The number of rotatable bonds is 2. The molecule has 0 saturated heterocycles. The number of anilines is 1. The molecule has 1 aromatic carbocycles. The Morgan fingerprint density at radius 3 is 2.44 bits per heavy atom. The number of nitrogens with zero attached hydrogens (tertiary/aromatic N) is 2. The van der Waals surface area contributed by atoms with Crippen LogP contribution in [0.2, 0.25) is 0 Å². The van der Waals surface area contributed by atoms with Gasteiger partial charge in [-0.1, -0.05) is 24.4 Å². The van der Waals surface area contributed by atoms with Crippen molar-refractivity contribution < 1.29 is 4.79 Å². The first-order chi connectivity index (χ1) is 7.43. The van der Waals surface area contributed by atoms with E-state index >= 15 is 0 Å². The molecule has 2 amide bonds. The van der Waals surface area contributed by atoms with E-state index in [0.29, 0.717) is 4.99 Å². The largest absolute Gasteiger partial charge is 0.389 e. The molecule has 1 aromatic rings. The van der Waals surface area contributed by atoms with Crippen molar-refractivity contribution in [3.05, 3.63) is 29.8 Å². The third kappa shape index (κ3) is 2.70. The van der Waals surface area contributed by atoms with E-state index in [4.69, 9.17) is 18.0 Å². The van der Waals surface area contributed by atoms with E-state index in [9.17, 15) is 4.79 Å². The Labute approximate surface area is 101 Å². The van der Waals surface area contributed by atoms with Gasteiger partial charge in [0.05, 0.1) is 0 Å². The summed E-state index contributed by atoms with van der Waals surface area (Å²) in [5, 5.41) is 0. The predicted octanol–water partition coefficient (Wildman–Crippen LogP) is 1.44. The van der Waals surface area contributed by atoms with Gasteiger partial charge in [0.1, 0.15) is 4.99 Å². The molecule has 0 saturated carbocycles. The minimum absolute atomic E-state index is 0.0971. The van der Waals surface area contributed by atoms with E-state index in [0.717, 1.165) is 11.3 Å². The first kappa shape index (κ1) is 12.4. The number of carbonyl (C=O) groups is 1. The van der Waals surface area contributed by atoms with E-state index < -0.39 is 0 Å². The van der Waals surface area contributed by atoms with E-state index in [2.05, 4.69) is 0 Å². The second kappa shape index (κ2) is 4.94. The highest BCUT2D eigenvalue weighted by molar-refractivity contribution is 7.80. The Morgan fingerprint density at radius 1 is 1.31 bits per heavy atom. The van der Waals surface area contributed by atoms with Gasteiger partial charge in [-0.3, -0.25) is 4.90 Å². The number of nitrogens with two attached hydrogens (primary N) is 1. The summed E-state index contributed by atoms with van der Waals surface area (Å²) in [7, 11) is 5.12. The Kier molecular flexibility index (Phi) is 3.84. The molecule has 86 valence electrons. The highest BCUT2D eigenvalue weighted by Crippen LogP contribution is 2.15. The zero-order valence-electron chi connectivity index (χ0n) is 9.60. The van der Waals surface area contributed by atoms with Crippen LogP contribution in [0.3, 0.4) is 0 Å². The van der Waals surface area contributed by atoms with E-state index in [1.807, 2.05) is 18.2 Å². The van der Waals surface area contributed by atoms with Gasteiger partial charge in [-0.2, -0.15) is 0 Å². The molecular formula is C11H15N3OS. The molecule has 0 aliphatic carbocycles. The van der Waals surface area contributed by atoms with Gasteiger partial charge in [0.2, 0.25) is 0 Å². The minimum Gasteiger partial charge on any atom is -0.389 e. The lowest BCUT2D eigenvalue weighted by Crippen LogP contribution is -2.36. The highest BCUT2D eigenvalue weighted by Gasteiger charge is 2.12. The maximum absolute atomic E-state index is 11.7. The highest BCUT2D eigenvalue weighted by atomic mass is 32.1. The van der Waals surface area contributed by atoms with Crippen LogP contribution in [0.1, 0.15) is 5.56 Å². The van der Waals surface area contributed by atoms with Crippen LogP contribution in [0.4, 0.5) is 10.5 Å². The summed E-state index contributed by atoms with van der Waals surface area (Å²) in [4.78, 5) is 15.1. The van der Waals surface area contributed by atoms with Crippen molar-refractivity contribution in [2.75, 3.05) is 26.0 Å². The van der Waals surface area contributed by atoms with Crippen LogP contribution in [0.15, 0.2) is 24.3 Å². The van der Waals surface area contributed by atoms with Crippen LogP contribution < -0.4 is 10.6 Å². The lowest BCUT2D eigenvalue weighted by molar-refractivity contribution is 0.225. The minimum atomic E-state index is -0.0971. The normalized spacial score (nSPS) is 9.69.